The predicted molar refractivity (Wildman–Crippen MR) is 90.2 cm³/mol. The molecule has 105 valence electrons. The number of rotatable bonds is 2. The van der Waals surface area contributed by atoms with Gasteiger partial charge in [-0.1, -0.05) is 18.2 Å². The predicted octanol–water partition coefficient (Wildman–Crippen LogP) is 3.27. The lowest BCUT2D eigenvalue weighted by molar-refractivity contribution is 1.23. The minimum absolute atomic E-state index is 0.900. The number of hydrogen-bond donors (Lipinski definition) is 0. The highest BCUT2D eigenvalue weighted by Crippen LogP contribution is 2.37. The number of benzene rings is 1. The Morgan fingerprint density at radius 1 is 0.864 bits per heavy atom. The van der Waals surface area contributed by atoms with E-state index in [1.807, 2.05) is 57.2 Å². The first-order chi connectivity index (χ1) is 10.8. The molecular formula is C17H14BN4. The molecule has 0 N–H and O–H groups in total. The third kappa shape index (κ3) is 2.11. The summed E-state index contributed by atoms with van der Waals surface area (Å²) in [6.07, 6.45) is 3.66. The van der Waals surface area contributed by atoms with Crippen LogP contribution in [0.3, 0.4) is 0 Å². The fraction of sp³-hybridized carbons (Fsp3) is 0.0588. The summed E-state index contributed by atoms with van der Waals surface area (Å²) in [7, 11) is 4.09. The molecule has 3 aromatic rings. The van der Waals surface area contributed by atoms with Crippen molar-refractivity contribution in [3.63, 3.8) is 0 Å². The van der Waals surface area contributed by atoms with E-state index < -0.39 is 0 Å². The number of hydrogen-bond acceptors (Lipinski definition) is 4. The minimum Gasteiger partial charge on any atom is -0.400 e. The van der Waals surface area contributed by atoms with Gasteiger partial charge in [0, 0.05) is 23.6 Å². The zero-order chi connectivity index (χ0) is 14.9. The SMILES string of the molecule is CN1[B]N(c2ccc(-c3ccccn3)cn2)c2ccccc21. The zero-order valence-electron chi connectivity index (χ0n) is 12.2. The Hall–Kier alpha value is -2.82. The molecule has 5 heteroatoms. The molecular weight excluding hydrogens is 271 g/mol. The molecule has 22 heavy (non-hydrogen) atoms. The van der Waals surface area contributed by atoms with Gasteiger partial charge < -0.3 is 9.62 Å². The van der Waals surface area contributed by atoms with Crippen LogP contribution in [0.4, 0.5) is 17.2 Å². The number of pyridine rings is 2. The Morgan fingerprint density at radius 3 is 2.41 bits per heavy atom. The van der Waals surface area contributed by atoms with E-state index in [0.29, 0.717) is 0 Å². The maximum Gasteiger partial charge on any atom is 0.397 e. The van der Waals surface area contributed by atoms with Gasteiger partial charge in [-0.25, -0.2) is 4.98 Å². The van der Waals surface area contributed by atoms with Crippen LogP contribution in [-0.4, -0.2) is 24.6 Å². The molecule has 1 aliphatic heterocycles. The molecule has 0 bridgehead atoms. The number of para-hydroxylation sites is 2. The molecule has 0 saturated heterocycles. The van der Waals surface area contributed by atoms with Crippen LogP contribution in [0.5, 0.6) is 0 Å². The summed E-state index contributed by atoms with van der Waals surface area (Å²) in [5.41, 5.74) is 4.27. The van der Waals surface area contributed by atoms with E-state index in [1.165, 1.54) is 5.69 Å². The molecule has 1 aliphatic rings. The molecule has 0 unspecified atom stereocenters. The van der Waals surface area contributed by atoms with Crippen LogP contribution >= 0.6 is 0 Å². The van der Waals surface area contributed by atoms with Crippen molar-refractivity contribution >= 4 is 24.7 Å². The monoisotopic (exact) mass is 285 g/mol. The van der Waals surface area contributed by atoms with Crippen LogP contribution in [0.1, 0.15) is 0 Å². The van der Waals surface area contributed by atoms with Gasteiger partial charge in [0.1, 0.15) is 5.82 Å². The molecule has 3 heterocycles. The highest BCUT2D eigenvalue weighted by Gasteiger charge is 2.27. The fourth-order valence-corrected chi connectivity index (χ4v) is 2.66. The average Bonchev–Trinajstić information content (AvgIpc) is 2.93. The van der Waals surface area contributed by atoms with Crippen LogP contribution in [0.25, 0.3) is 11.3 Å². The largest absolute Gasteiger partial charge is 0.400 e. The second kappa shape index (κ2) is 5.18. The van der Waals surface area contributed by atoms with Gasteiger partial charge in [0.15, 0.2) is 0 Å². The number of aromatic nitrogens is 2. The van der Waals surface area contributed by atoms with E-state index in [9.17, 15) is 0 Å². The molecule has 0 atom stereocenters. The summed E-state index contributed by atoms with van der Waals surface area (Å²) in [5, 5.41) is 0. The second-order valence-corrected chi connectivity index (χ2v) is 5.21. The Kier molecular flexibility index (Phi) is 3.04. The van der Waals surface area contributed by atoms with Gasteiger partial charge in [0.25, 0.3) is 0 Å². The summed E-state index contributed by atoms with van der Waals surface area (Å²) in [5.74, 6) is 0.900. The van der Waals surface area contributed by atoms with Crippen molar-refractivity contribution in [2.45, 2.75) is 0 Å². The van der Waals surface area contributed by atoms with Crippen LogP contribution in [0.2, 0.25) is 0 Å². The first kappa shape index (κ1) is 12.9. The molecule has 1 aromatic carbocycles. The van der Waals surface area contributed by atoms with Crippen molar-refractivity contribution in [2.24, 2.45) is 0 Å². The van der Waals surface area contributed by atoms with Crippen molar-refractivity contribution in [3.05, 3.63) is 67.0 Å². The van der Waals surface area contributed by atoms with Crippen molar-refractivity contribution in [1.82, 2.24) is 9.97 Å². The first-order valence-electron chi connectivity index (χ1n) is 7.16. The normalized spacial score (nSPS) is 13.0. The maximum atomic E-state index is 4.60. The second-order valence-electron chi connectivity index (χ2n) is 5.21. The molecule has 2 aromatic heterocycles. The summed E-state index contributed by atoms with van der Waals surface area (Å²) in [6.45, 7) is 0. The van der Waals surface area contributed by atoms with Gasteiger partial charge >= 0.3 is 7.55 Å². The van der Waals surface area contributed by atoms with Gasteiger partial charge in [-0.15, -0.1) is 0 Å². The molecule has 0 amide bonds. The Bertz CT molecular complexity index is 789. The molecule has 0 fully saturated rings. The van der Waals surface area contributed by atoms with Crippen LogP contribution in [0, 0.1) is 0 Å². The standard InChI is InChI=1S/C17H14BN4/c1-21-15-7-2-3-8-16(15)22(18-21)17-10-9-13(12-20-17)14-6-4-5-11-19-14/h2-12H,1H3. The topological polar surface area (TPSA) is 32.3 Å². The van der Waals surface area contributed by atoms with Crippen LogP contribution in [-0.2, 0) is 0 Å². The Balaban J connectivity index is 1.68. The van der Waals surface area contributed by atoms with Gasteiger partial charge in [-0.2, -0.15) is 0 Å². The van der Waals surface area contributed by atoms with Crippen molar-refractivity contribution in [3.8, 4) is 11.3 Å². The van der Waals surface area contributed by atoms with Gasteiger partial charge in [0.05, 0.1) is 11.4 Å². The third-order valence-electron chi connectivity index (χ3n) is 3.77. The lowest BCUT2D eigenvalue weighted by atomic mass is 10.1. The number of fused-ring (bicyclic) bond motifs is 1. The van der Waals surface area contributed by atoms with E-state index in [1.54, 1.807) is 6.20 Å². The van der Waals surface area contributed by atoms with Crippen molar-refractivity contribution in [2.75, 3.05) is 16.7 Å². The Labute approximate surface area is 130 Å². The van der Waals surface area contributed by atoms with Gasteiger partial charge in [-0.05, 0) is 43.4 Å². The van der Waals surface area contributed by atoms with E-state index in [-0.39, 0.29) is 0 Å². The van der Waals surface area contributed by atoms with Crippen molar-refractivity contribution in [1.29, 1.82) is 0 Å². The van der Waals surface area contributed by atoms with E-state index in [0.717, 1.165) is 22.8 Å². The Morgan fingerprint density at radius 2 is 1.68 bits per heavy atom. The molecule has 4 nitrogen and oxygen atoms in total. The van der Waals surface area contributed by atoms with E-state index >= 15 is 0 Å². The lowest BCUT2D eigenvalue weighted by Crippen LogP contribution is -2.29. The van der Waals surface area contributed by atoms with Crippen LogP contribution < -0.4 is 9.62 Å². The highest BCUT2D eigenvalue weighted by atomic mass is 15.3. The lowest BCUT2D eigenvalue weighted by Gasteiger charge is -2.17. The van der Waals surface area contributed by atoms with Gasteiger partial charge in [0.2, 0.25) is 0 Å². The summed E-state index contributed by atoms with van der Waals surface area (Å²) in [6, 6.07) is 18.3. The highest BCUT2D eigenvalue weighted by molar-refractivity contribution is 6.52. The van der Waals surface area contributed by atoms with Crippen LogP contribution in [0.15, 0.2) is 67.0 Å². The average molecular weight is 285 g/mol. The molecule has 0 aliphatic carbocycles. The maximum absolute atomic E-state index is 4.60. The quantitative estimate of drug-likeness (QED) is 0.676. The fourth-order valence-electron chi connectivity index (χ4n) is 2.66. The first-order valence-corrected chi connectivity index (χ1v) is 7.16. The van der Waals surface area contributed by atoms with Gasteiger partial charge in [-0.3, -0.25) is 4.98 Å². The zero-order valence-corrected chi connectivity index (χ0v) is 12.2. The molecule has 4 rings (SSSR count). The summed E-state index contributed by atoms with van der Waals surface area (Å²) in [4.78, 5) is 13.1. The number of anilines is 3. The van der Waals surface area contributed by atoms with E-state index in [4.69, 9.17) is 0 Å². The molecule has 1 radical (unpaired) electrons. The minimum atomic E-state index is 0.900. The smallest absolute Gasteiger partial charge is 0.397 e. The number of nitrogens with zero attached hydrogens (tertiary/aromatic N) is 4. The third-order valence-corrected chi connectivity index (χ3v) is 3.77. The summed E-state index contributed by atoms with van der Waals surface area (Å²) < 4.78 is 0. The van der Waals surface area contributed by atoms with E-state index in [2.05, 4.69) is 37.8 Å². The summed E-state index contributed by atoms with van der Waals surface area (Å²) >= 11 is 0. The van der Waals surface area contributed by atoms with Crippen molar-refractivity contribution < 1.29 is 0 Å². The molecule has 0 saturated carbocycles. The molecule has 0 spiro atoms.